The highest BCUT2D eigenvalue weighted by Gasteiger charge is 2.39. The van der Waals surface area contributed by atoms with E-state index < -0.39 is 0 Å². The van der Waals surface area contributed by atoms with Crippen molar-refractivity contribution in [3.63, 3.8) is 0 Å². The largest absolute Gasteiger partial charge is 0.354 e. The van der Waals surface area contributed by atoms with Crippen molar-refractivity contribution in [2.75, 3.05) is 6.54 Å². The molecule has 2 aliphatic rings. The summed E-state index contributed by atoms with van der Waals surface area (Å²) in [5, 5.41) is 3.66. The fraction of sp³-hybridized carbons (Fsp3) is 0.778. The molecule has 1 aromatic heterocycles. The molecular formula is C18H30N2. The lowest BCUT2D eigenvalue weighted by Gasteiger charge is -2.22. The molecule has 0 spiro atoms. The second-order valence-electron chi connectivity index (χ2n) is 6.99. The molecule has 4 atom stereocenters. The highest BCUT2D eigenvalue weighted by atomic mass is 15.0. The topological polar surface area (TPSA) is 17.0 Å². The zero-order valence-electron chi connectivity index (χ0n) is 13.1. The summed E-state index contributed by atoms with van der Waals surface area (Å²) in [6.45, 7) is 6.89. The molecule has 112 valence electrons. The normalized spacial score (nSPS) is 30.0. The number of nitrogens with one attached hydrogen (secondary N) is 1. The smallest absolute Gasteiger partial charge is 0.0332 e. The van der Waals surface area contributed by atoms with E-state index in [0.29, 0.717) is 6.04 Å². The quantitative estimate of drug-likeness (QED) is 0.781. The fourth-order valence-electron chi connectivity index (χ4n) is 4.47. The summed E-state index contributed by atoms with van der Waals surface area (Å²) < 4.78 is 2.46. The lowest BCUT2D eigenvalue weighted by molar-refractivity contribution is 0.296. The molecule has 2 fully saturated rings. The molecule has 1 N–H and O–H groups in total. The van der Waals surface area contributed by atoms with Gasteiger partial charge in [-0.05, 0) is 68.0 Å². The average molecular weight is 274 g/mol. The minimum absolute atomic E-state index is 0.538. The highest BCUT2D eigenvalue weighted by Crippen LogP contribution is 2.48. The molecule has 3 rings (SSSR count). The third kappa shape index (κ3) is 2.95. The Morgan fingerprint density at radius 3 is 2.85 bits per heavy atom. The molecule has 2 heteroatoms. The van der Waals surface area contributed by atoms with Gasteiger partial charge in [0, 0.05) is 25.0 Å². The number of hydrogen-bond donors (Lipinski definition) is 1. The third-order valence-corrected chi connectivity index (χ3v) is 5.55. The van der Waals surface area contributed by atoms with Crippen molar-refractivity contribution in [3.8, 4) is 0 Å². The number of aromatic nitrogens is 1. The first kappa shape index (κ1) is 14.2. The van der Waals surface area contributed by atoms with Gasteiger partial charge < -0.3 is 9.88 Å². The van der Waals surface area contributed by atoms with Crippen LogP contribution in [0.4, 0.5) is 0 Å². The first-order chi connectivity index (χ1) is 9.80. The van der Waals surface area contributed by atoms with Gasteiger partial charge >= 0.3 is 0 Å². The molecule has 20 heavy (non-hydrogen) atoms. The maximum atomic E-state index is 3.66. The van der Waals surface area contributed by atoms with E-state index in [0.717, 1.165) is 24.3 Å². The van der Waals surface area contributed by atoms with E-state index in [2.05, 4.69) is 42.2 Å². The lowest BCUT2D eigenvalue weighted by Crippen LogP contribution is -2.21. The summed E-state index contributed by atoms with van der Waals surface area (Å²) in [4.78, 5) is 0. The van der Waals surface area contributed by atoms with Gasteiger partial charge in [-0.2, -0.15) is 0 Å². The van der Waals surface area contributed by atoms with Crippen molar-refractivity contribution in [2.24, 2.45) is 17.8 Å². The molecular weight excluding hydrogens is 244 g/mol. The van der Waals surface area contributed by atoms with Crippen LogP contribution in [0.25, 0.3) is 0 Å². The SMILES string of the molecule is CCCNC(CC)c1ccn(CC2CC3CCC2C3)c1. The molecule has 0 amide bonds. The van der Waals surface area contributed by atoms with Crippen molar-refractivity contribution < 1.29 is 0 Å². The van der Waals surface area contributed by atoms with E-state index in [1.165, 1.54) is 50.6 Å². The summed E-state index contributed by atoms with van der Waals surface area (Å²) >= 11 is 0. The van der Waals surface area contributed by atoms with Crippen LogP contribution in [-0.4, -0.2) is 11.1 Å². The Hall–Kier alpha value is -0.760. The van der Waals surface area contributed by atoms with Crippen molar-refractivity contribution in [1.29, 1.82) is 0 Å². The predicted molar refractivity (Wildman–Crippen MR) is 84.7 cm³/mol. The van der Waals surface area contributed by atoms with E-state index in [1.807, 2.05) is 0 Å². The molecule has 1 aromatic rings. The van der Waals surface area contributed by atoms with Crippen LogP contribution in [0.2, 0.25) is 0 Å². The monoisotopic (exact) mass is 274 g/mol. The molecule has 0 aromatic carbocycles. The van der Waals surface area contributed by atoms with E-state index in [-0.39, 0.29) is 0 Å². The van der Waals surface area contributed by atoms with Gasteiger partial charge in [0.05, 0.1) is 0 Å². The summed E-state index contributed by atoms with van der Waals surface area (Å²) in [7, 11) is 0. The average Bonchev–Trinajstić information content (AvgIpc) is 3.16. The van der Waals surface area contributed by atoms with E-state index in [4.69, 9.17) is 0 Å². The number of fused-ring (bicyclic) bond motifs is 2. The maximum Gasteiger partial charge on any atom is 0.0332 e. The van der Waals surface area contributed by atoms with Crippen LogP contribution in [0.1, 0.15) is 64.0 Å². The van der Waals surface area contributed by atoms with Gasteiger partial charge in [-0.3, -0.25) is 0 Å². The minimum atomic E-state index is 0.538. The van der Waals surface area contributed by atoms with Crippen molar-refractivity contribution in [1.82, 2.24) is 9.88 Å². The molecule has 1 heterocycles. The molecule has 0 saturated heterocycles. The maximum absolute atomic E-state index is 3.66. The summed E-state index contributed by atoms with van der Waals surface area (Å²) in [6.07, 6.45) is 13.1. The van der Waals surface area contributed by atoms with Crippen LogP contribution in [-0.2, 0) is 6.54 Å². The molecule has 0 aliphatic heterocycles. The first-order valence-electron chi connectivity index (χ1n) is 8.69. The Morgan fingerprint density at radius 2 is 2.20 bits per heavy atom. The van der Waals surface area contributed by atoms with Gasteiger partial charge in [-0.1, -0.05) is 20.3 Å². The molecule has 2 saturated carbocycles. The van der Waals surface area contributed by atoms with Crippen molar-refractivity contribution >= 4 is 0 Å². The van der Waals surface area contributed by atoms with Gasteiger partial charge in [-0.15, -0.1) is 0 Å². The summed E-state index contributed by atoms with van der Waals surface area (Å²) in [5.74, 6) is 3.05. The first-order valence-corrected chi connectivity index (χ1v) is 8.69. The standard InChI is InChI=1S/C18H30N2/c1-3-8-19-18(4-2)16-7-9-20(12-16)13-17-11-14-5-6-15(17)10-14/h7,9,12,14-15,17-19H,3-6,8,10-11,13H2,1-2H3. The van der Waals surface area contributed by atoms with Crippen LogP contribution in [0, 0.1) is 17.8 Å². The van der Waals surface area contributed by atoms with E-state index >= 15 is 0 Å². The van der Waals surface area contributed by atoms with Gasteiger partial charge in [0.25, 0.3) is 0 Å². The Labute approximate surface area is 123 Å². The van der Waals surface area contributed by atoms with E-state index in [1.54, 1.807) is 0 Å². The fourth-order valence-corrected chi connectivity index (χ4v) is 4.47. The minimum Gasteiger partial charge on any atom is -0.354 e. The predicted octanol–water partition coefficient (Wildman–Crippen LogP) is 4.38. The molecule has 0 radical (unpaired) electrons. The van der Waals surface area contributed by atoms with Crippen LogP contribution in [0.15, 0.2) is 18.5 Å². The highest BCUT2D eigenvalue weighted by molar-refractivity contribution is 5.15. The summed E-state index contributed by atoms with van der Waals surface area (Å²) in [5.41, 5.74) is 1.48. The summed E-state index contributed by atoms with van der Waals surface area (Å²) in [6, 6.07) is 2.86. The van der Waals surface area contributed by atoms with Crippen LogP contribution in [0.5, 0.6) is 0 Å². The number of nitrogens with zero attached hydrogens (tertiary/aromatic N) is 1. The molecule has 2 aliphatic carbocycles. The zero-order valence-corrected chi connectivity index (χ0v) is 13.1. The zero-order chi connectivity index (χ0) is 13.9. The lowest BCUT2D eigenvalue weighted by atomic mass is 9.89. The van der Waals surface area contributed by atoms with Gasteiger partial charge in [0.2, 0.25) is 0 Å². The third-order valence-electron chi connectivity index (χ3n) is 5.55. The van der Waals surface area contributed by atoms with E-state index in [9.17, 15) is 0 Å². The van der Waals surface area contributed by atoms with Gasteiger partial charge in [0.15, 0.2) is 0 Å². The second-order valence-corrected chi connectivity index (χ2v) is 6.99. The van der Waals surface area contributed by atoms with Crippen molar-refractivity contribution in [3.05, 3.63) is 24.0 Å². The Balaban J connectivity index is 1.58. The molecule has 4 unspecified atom stereocenters. The van der Waals surface area contributed by atoms with Crippen LogP contribution >= 0.6 is 0 Å². The number of rotatable bonds is 7. The molecule has 2 nitrogen and oxygen atoms in total. The van der Waals surface area contributed by atoms with Crippen LogP contribution in [0.3, 0.4) is 0 Å². The van der Waals surface area contributed by atoms with Crippen molar-refractivity contribution in [2.45, 2.75) is 65.0 Å². The van der Waals surface area contributed by atoms with Gasteiger partial charge in [0.1, 0.15) is 0 Å². The number of hydrogen-bond acceptors (Lipinski definition) is 1. The Bertz CT molecular complexity index is 423. The van der Waals surface area contributed by atoms with Crippen LogP contribution < -0.4 is 5.32 Å². The Kier molecular flexibility index (Phi) is 4.50. The molecule has 2 bridgehead atoms. The Morgan fingerprint density at radius 1 is 1.30 bits per heavy atom. The van der Waals surface area contributed by atoms with Gasteiger partial charge in [-0.25, -0.2) is 0 Å². The second kappa shape index (κ2) is 6.34.